The molecule has 0 saturated heterocycles. The first kappa shape index (κ1) is 10.8. The second-order valence-corrected chi connectivity index (χ2v) is 3.51. The molecule has 2 rings (SSSR count). The van der Waals surface area contributed by atoms with Gasteiger partial charge in [0.1, 0.15) is 17.4 Å². The Bertz CT molecular complexity index is 449. The van der Waals surface area contributed by atoms with Gasteiger partial charge in [-0.2, -0.15) is 5.90 Å². The summed E-state index contributed by atoms with van der Waals surface area (Å²) in [6, 6.07) is 6.29. The van der Waals surface area contributed by atoms with Gasteiger partial charge < -0.3 is 4.84 Å². The molecule has 0 aliphatic heterocycles. The van der Waals surface area contributed by atoms with Gasteiger partial charge in [0.25, 0.3) is 0 Å². The molecular formula is C12H11F2NO. The monoisotopic (exact) mass is 223 g/mol. The van der Waals surface area contributed by atoms with Crippen LogP contribution in [-0.2, 0) is 0 Å². The van der Waals surface area contributed by atoms with Crippen molar-refractivity contribution in [3.63, 3.8) is 0 Å². The molecule has 1 aromatic rings. The van der Waals surface area contributed by atoms with E-state index in [1.807, 2.05) is 0 Å². The van der Waals surface area contributed by atoms with Crippen LogP contribution in [0.3, 0.4) is 0 Å². The fraction of sp³-hybridized carbons (Fsp3) is 0.167. The highest BCUT2D eigenvalue weighted by Gasteiger charge is 2.17. The molecule has 0 radical (unpaired) electrons. The molecule has 0 amide bonds. The van der Waals surface area contributed by atoms with Crippen LogP contribution in [0.1, 0.15) is 18.4 Å². The normalized spacial score (nSPS) is 16.1. The SMILES string of the molecule is NOc1ccc(C2=C(F)CCC=C2F)cc1. The maximum Gasteiger partial charge on any atom is 0.146 e. The summed E-state index contributed by atoms with van der Waals surface area (Å²) in [7, 11) is 0. The summed E-state index contributed by atoms with van der Waals surface area (Å²) >= 11 is 0. The van der Waals surface area contributed by atoms with Gasteiger partial charge in [-0.3, -0.25) is 0 Å². The molecule has 0 fully saturated rings. The molecule has 4 heteroatoms. The first-order valence-corrected chi connectivity index (χ1v) is 4.94. The summed E-state index contributed by atoms with van der Waals surface area (Å²) in [5.41, 5.74) is 0.529. The first-order valence-electron chi connectivity index (χ1n) is 4.94. The Morgan fingerprint density at radius 2 is 1.81 bits per heavy atom. The van der Waals surface area contributed by atoms with Gasteiger partial charge in [0, 0.05) is 12.0 Å². The van der Waals surface area contributed by atoms with Crippen LogP contribution in [-0.4, -0.2) is 0 Å². The quantitative estimate of drug-likeness (QED) is 0.781. The van der Waals surface area contributed by atoms with E-state index < -0.39 is 11.7 Å². The first-order chi connectivity index (χ1) is 7.72. The van der Waals surface area contributed by atoms with E-state index in [1.165, 1.54) is 6.08 Å². The van der Waals surface area contributed by atoms with Crippen LogP contribution in [0.25, 0.3) is 5.57 Å². The lowest BCUT2D eigenvalue weighted by Crippen LogP contribution is -2.01. The molecule has 0 aromatic heterocycles. The number of halogens is 2. The molecule has 1 aromatic carbocycles. The average Bonchev–Trinajstić information content (AvgIpc) is 2.30. The second-order valence-electron chi connectivity index (χ2n) is 3.51. The molecular weight excluding hydrogens is 212 g/mol. The van der Waals surface area contributed by atoms with Crippen LogP contribution in [0.4, 0.5) is 8.78 Å². The van der Waals surface area contributed by atoms with E-state index in [1.54, 1.807) is 24.3 Å². The van der Waals surface area contributed by atoms with Crippen molar-refractivity contribution in [2.75, 3.05) is 0 Å². The fourth-order valence-corrected chi connectivity index (χ4v) is 1.68. The molecule has 84 valence electrons. The Morgan fingerprint density at radius 1 is 1.12 bits per heavy atom. The molecule has 0 unspecified atom stereocenters. The van der Waals surface area contributed by atoms with E-state index in [0.717, 1.165) is 0 Å². The van der Waals surface area contributed by atoms with Crippen LogP contribution < -0.4 is 10.7 Å². The molecule has 0 bridgehead atoms. The lowest BCUT2D eigenvalue weighted by molar-refractivity contribution is 0.334. The predicted molar refractivity (Wildman–Crippen MR) is 57.7 cm³/mol. The molecule has 2 N–H and O–H groups in total. The van der Waals surface area contributed by atoms with Gasteiger partial charge in [0.05, 0.1) is 0 Å². The third-order valence-corrected chi connectivity index (χ3v) is 2.48. The lowest BCUT2D eigenvalue weighted by Gasteiger charge is -2.12. The standard InChI is InChI=1S/C12H11F2NO/c13-10-2-1-3-11(14)12(10)8-4-6-9(16-15)7-5-8/h2,4-7H,1,3,15H2. The van der Waals surface area contributed by atoms with Crippen molar-refractivity contribution < 1.29 is 13.6 Å². The maximum atomic E-state index is 13.5. The summed E-state index contributed by atoms with van der Waals surface area (Å²) in [6.07, 6.45) is 2.05. The van der Waals surface area contributed by atoms with Crippen LogP contribution in [0.5, 0.6) is 5.75 Å². The molecule has 2 nitrogen and oxygen atoms in total. The largest absolute Gasteiger partial charge is 0.412 e. The van der Waals surface area contributed by atoms with Gasteiger partial charge in [-0.1, -0.05) is 12.1 Å². The van der Waals surface area contributed by atoms with Gasteiger partial charge in [-0.25, -0.2) is 8.78 Å². The number of rotatable bonds is 2. The number of nitrogens with two attached hydrogens (primary N) is 1. The maximum absolute atomic E-state index is 13.5. The van der Waals surface area contributed by atoms with Gasteiger partial charge >= 0.3 is 0 Å². The molecule has 1 aliphatic rings. The molecule has 16 heavy (non-hydrogen) atoms. The van der Waals surface area contributed by atoms with Crippen molar-refractivity contribution in [1.82, 2.24) is 0 Å². The fourth-order valence-electron chi connectivity index (χ4n) is 1.68. The van der Waals surface area contributed by atoms with E-state index in [2.05, 4.69) is 4.84 Å². The summed E-state index contributed by atoms with van der Waals surface area (Å²) < 4.78 is 27.0. The molecule has 0 atom stereocenters. The third-order valence-electron chi connectivity index (χ3n) is 2.48. The van der Waals surface area contributed by atoms with Gasteiger partial charge in [-0.05, 0) is 30.2 Å². The van der Waals surface area contributed by atoms with Crippen LogP contribution >= 0.6 is 0 Å². The van der Waals surface area contributed by atoms with Gasteiger partial charge in [0.2, 0.25) is 0 Å². The zero-order valence-electron chi connectivity index (χ0n) is 8.54. The van der Waals surface area contributed by atoms with Crippen LogP contribution in [0, 0.1) is 0 Å². The summed E-state index contributed by atoms with van der Waals surface area (Å²) in [4.78, 5) is 4.49. The lowest BCUT2D eigenvalue weighted by atomic mass is 9.97. The Morgan fingerprint density at radius 3 is 2.38 bits per heavy atom. The van der Waals surface area contributed by atoms with Crippen molar-refractivity contribution in [2.24, 2.45) is 5.90 Å². The van der Waals surface area contributed by atoms with E-state index in [9.17, 15) is 8.78 Å². The number of benzene rings is 1. The number of allylic oxidation sites excluding steroid dienone is 4. The Kier molecular flexibility index (Phi) is 3.01. The number of hydrogen-bond acceptors (Lipinski definition) is 2. The van der Waals surface area contributed by atoms with Crippen LogP contribution in [0.2, 0.25) is 0 Å². The van der Waals surface area contributed by atoms with E-state index in [-0.39, 0.29) is 12.0 Å². The third kappa shape index (κ3) is 1.97. The Hall–Kier alpha value is -1.68. The molecule has 1 aliphatic carbocycles. The molecule has 0 spiro atoms. The summed E-state index contributed by atoms with van der Waals surface area (Å²) in [6.45, 7) is 0. The minimum atomic E-state index is -0.509. The smallest absolute Gasteiger partial charge is 0.146 e. The predicted octanol–water partition coefficient (Wildman–Crippen LogP) is 3.27. The Labute approximate surface area is 92.0 Å². The highest BCUT2D eigenvalue weighted by Crippen LogP contribution is 2.35. The van der Waals surface area contributed by atoms with Crippen molar-refractivity contribution >= 4 is 5.57 Å². The highest BCUT2D eigenvalue weighted by molar-refractivity contribution is 5.79. The Balaban J connectivity index is 2.39. The molecule has 0 heterocycles. The highest BCUT2D eigenvalue weighted by atomic mass is 19.1. The topological polar surface area (TPSA) is 35.2 Å². The van der Waals surface area contributed by atoms with Crippen molar-refractivity contribution in [3.05, 3.63) is 47.6 Å². The number of hydrogen-bond donors (Lipinski definition) is 1. The van der Waals surface area contributed by atoms with Crippen LogP contribution in [0.15, 0.2) is 42.0 Å². The van der Waals surface area contributed by atoms with Gasteiger partial charge in [0.15, 0.2) is 0 Å². The zero-order chi connectivity index (χ0) is 11.5. The van der Waals surface area contributed by atoms with E-state index in [4.69, 9.17) is 5.90 Å². The minimum Gasteiger partial charge on any atom is -0.412 e. The summed E-state index contributed by atoms with van der Waals surface area (Å²) in [5.74, 6) is 4.49. The van der Waals surface area contributed by atoms with Crippen molar-refractivity contribution in [2.45, 2.75) is 12.8 Å². The van der Waals surface area contributed by atoms with E-state index >= 15 is 0 Å². The second kappa shape index (κ2) is 4.45. The average molecular weight is 223 g/mol. The van der Waals surface area contributed by atoms with Gasteiger partial charge in [-0.15, -0.1) is 0 Å². The van der Waals surface area contributed by atoms with Crippen molar-refractivity contribution in [1.29, 1.82) is 0 Å². The minimum absolute atomic E-state index is 0.0369. The molecule has 0 saturated carbocycles. The zero-order valence-corrected chi connectivity index (χ0v) is 8.54. The van der Waals surface area contributed by atoms with Crippen molar-refractivity contribution in [3.8, 4) is 5.75 Å². The summed E-state index contributed by atoms with van der Waals surface area (Å²) in [5, 5.41) is 0. The van der Waals surface area contributed by atoms with E-state index in [0.29, 0.717) is 17.7 Å².